The number of hydrogen-bond donors (Lipinski definition) is 1. The van der Waals surface area contributed by atoms with Crippen molar-refractivity contribution in [1.82, 2.24) is 29.3 Å². The van der Waals surface area contributed by atoms with E-state index in [4.69, 9.17) is 16.3 Å². The molecule has 0 radical (unpaired) electrons. The average Bonchev–Trinajstić information content (AvgIpc) is 3.54. The van der Waals surface area contributed by atoms with Crippen molar-refractivity contribution in [2.75, 3.05) is 6.61 Å². The fraction of sp³-hybridized carbons (Fsp3) is 0.478. The second-order valence-corrected chi connectivity index (χ2v) is 9.62. The third-order valence-electron chi connectivity index (χ3n) is 6.14. The van der Waals surface area contributed by atoms with E-state index in [1.165, 1.54) is 37.6 Å². The molecule has 8 nitrogen and oxygen atoms in total. The summed E-state index contributed by atoms with van der Waals surface area (Å²) in [6, 6.07) is 5.18. The van der Waals surface area contributed by atoms with Gasteiger partial charge in [-0.1, -0.05) is 44.2 Å². The number of aromatic nitrogens is 5. The number of carbonyl (C=O) groups excluding carboxylic acids is 1. The molecule has 0 spiro atoms. The number of nitrogens with zero attached hydrogens (tertiary/aromatic N) is 5. The quantitative estimate of drug-likeness (QED) is 0.337. The SMILES string of the molecule is CCC(COc1ccn(-c2ccc(C(=O)NSc3cn(C)nc3C)c(Cl)n2)n1)C1CCCC1. The molecule has 10 heteroatoms. The van der Waals surface area contributed by atoms with Crippen LogP contribution in [-0.4, -0.2) is 37.1 Å². The van der Waals surface area contributed by atoms with Crippen LogP contribution in [0.4, 0.5) is 0 Å². The van der Waals surface area contributed by atoms with Crippen LogP contribution in [0.15, 0.2) is 35.5 Å². The Morgan fingerprint density at radius 2 is 2.09 bits per heavy atom. The largest absolute Gasteiger partial charge is 0.476 e. The first-order valence-corrected chi connectivity index (χ1v) is 12.5. The van der Waals surface area contributed by atoms with Gasteiger partial charge in [-0.25, -0.2) is 9.67 Å². The van der Waals surface area contributed by atoms with Gasteiger partial charge in [0.1, 0.15) is 5.15 Å². The first kappa shape index (κ1) is 23.6. The van der Waals surface area contributed by atoms with E-state index in [0.717, 1.165) is 22.9 Å². The number of hydrogen-bond acceptors (Lipinski definition) is 6. The lowest BCUT2D eigenvalue weighted by molar-refractivity contribution is 0.0984. The molecule has 0 saturated heterocycles. The van der Waals surface area contributed by atoms with Gasteiger partial charge in [0.25, 0.3) is 5.91 Å². The van der Waals surface area contributed by atoms with E-state index in [-0.39, 0.29) is 11.1 Å². The number of rotatable bonds is 9. The summed E-state index contributed by atoms with van der Waals surface area (Å²) >= 11 is 7.52. The van der Waals surface area contributed by atoms with E-state index in [1.807, 2.05) is 26.2 Å². The summed E-state index contributed by atoms with van der Waals surface area (Å²) in [7, 11) is 1.84. The lowest BCUT2D eigenvalue weighted by atomic mass is 9.89. The Morgan fingerprint density at radius 3 is 2.76 bits per heavy atom. The summed E-state index contributed by atoms with van der Waals surface area (Å²) in [5, 5.41) is 8.85. The maximum Gasteiger partial charge on any atom is 0.264 e. The van der Waals surface area contributed by atoms with Crippen LogP contribution in [0.3, 0.4) is 0 Å². The van der Waals surface area contributed by atoms with Crippen molar-refractivity contribution in [1.29, 1.82) is 0 Å². The molecule has 0 aromatic carbocycles. The average molecular weight is 489 g/mol. The molecule has 4 rings (SSSR count). The van der Waals surface area contributed by atoms with Crippen LogP contribution in [0.2, 0.25) is 5.15 Å². The zero-order valence-corrected chi connectivity index (χ0v) is 20.7. The summed E-state index contributed by atoms with van der Waals surface area (Å²) in [6.07, 6.45) is 10.0. The van der Waals surface area contributed by atoms with Gasteiger partial charge in [-0.3, -0.25) is 14.2 Å². The second-order valence-electron chi connectivity index (χ2n) is 8.42. The molecular weight excluding hydrogens is 460 g/mol. The minimum absolute atomic E-state index is 0.110. The monoisotopic (exact) mass is 488 g/mol. The number of nitrogens with one attached hydrogen (secondary N) is 1. The van der Waals surface area contributed by atoms with Crippen molar-refractivity contribution >= 4 is 29.5 Å². The molecule has 0 aliphatic heterocycles. The fourth-order valence-corrected chi connectivity index (χ4v) is 5.22. The first-order chi connectivity index (χ1) is 15.9. The number of ether oxygens (including phenoxy) is 1. The Balaban J connectivity index is 1.37. The zero-order chi connectivity index (χ0) is 23.4. The molecule has 3 aromatic heterocycles. The van der Waals surface area contributed by atoms with Crippen LogP contribution in [0.25, 0.3) is 5.82 Å². The van der Waals surface area contributed by atoms with E-state index in [1.54, 1.807) is 27.7 Å². The molecule has 33 heavy (non-hydrogen) atoms. The zero-order valence-electron chi connectivity index (χ0n) is 19.1. The molecule has 176 valence electrons. The van der Waals surface area contributed by atoms with Crippen LogP contribution in [0.5, 0.6) is 5.88 Å². The van der Waals surface area contributed by atoms with Gasteiger partial charge < -0.3 is 4.74 Å². The first-order valence-electron chi connectivity index (χ1n) is 11.3. The van der Waals surface area contributed by atoms with Gasteiger partial charge in [-0.2, -0.15) is 5.10 Å². The predicted molar refractivity (Wildman–Crippen MR) is 129 cm³/mol. The number of pyridine rings is 1. The van der Waals surface area contributed by atoms with Crippen molar-refractivity contribution in [2.24, 2.45) is 18.9 Å². The van der Waals surface area contributed by atoms with E-state index in [9.17, 15) is 4.79 Å². The van der Waals surface area contributed by atoms with Gasteiger partial charge in [-0.15, -0.1) is 5.10 Å². The molecule has 0 bridgehead atoms. The van der Waals surface area contributed by atoms with Crippen molar-refractivity contribution in [3.8, 4) is 11.7 Å². The normalized spacial score (nSPS) is 15.0. The van der Waals surface area contributed by atoms with Gasteiger partial charge in [0, 0.05) is 25.5 Å². The van der Waals surface area contributed by atoms with Gasteiger partial charge >= 0.3 is 0 Å². The Kier molecular flexibility index (Phi) is 7.60. The maximum absolute atomic E-state index is 12.6. The molecule has 1 unspecified atom stereocenters. The molecule has 1 atom stereocenters. The Bertz CT molecular complexity index is 1110. The Labute approximate surface area is 203 Å². The van der Waals surface area contributed by atoms with E-state index in [0.29, 0.717) is 29.8 Å². The van der Waals surface area contributed by atoms with Crippen molar-refractivity contribution < 1.29 is 9.53 Å². The van der Waals surface area contributed by atoms with Gasteiger partial charge in [-0.05, 0) is 49.3 Å². The van der Waals surface area contributed by atoms with Crippen LogP contribution in [-0.2, 0) is 7.05 Å². The smallest absolute Gasteiger partial charge is 0.264 e. The van der Waals surface area contributed by atoms with Gasteiger partial charge in [0.05, 0.1) is 22.8 Å². The highest BCUT2D eigenvalue weighted by molar-refractivity contribution is 7.98. The highest BCUT2D eigenvalue weighted by Crippen LogP contribution is 2.33. The summed E-state index contributed by atoms with van der Waals surface area (Å²) in [4.78, 5) is 17.8. The number of carbonyl (C=O) groups is 1. The molecule has 1 saturated carbocycles. The summed E-state index contributed by atoms with van der Waals surface area (Å²) < 4.78 is 12.1. The van der Waals surface area contributed by atoms with Crippen molar-refractivity contribution in [3.05, 3.63) is 47.0 Å². The van der Waals surface area contributed by atoms with Gasteiger partial charge in [0.15, 0.2) is 5.82 Å². The topological polar surface area (TPSA) is 86.9 Å². The lowest BCUT2D eigenvalue weighted by Crippen LogP contribution is -2.19. The highest BCUT2D eigenvalue weighted by Gasteiger charge is 2.24. The molecule has 1 N–H and O–H groups in total. The van der Waals surface area contributed by atoms with E-state index >= 15 is 0 Å². The third-order valence-corrected chi connectivity index (χ3v) is 7.33. The summed E-state index contributed by atoms with van der Waals surface area (Å²) in [5.74, 6) is 2.08. The van der Waals surface area contributed by atoms with Crippen LogP contribution in [0.1, 0.15) is 55.1 Å². The molecule has 3 aromatic rings. The second kappa shape index (κ2) is 10.6. The van der Waals surface area contributed by atoms with E-state index in [2.05, 4.69) is 26.8 Å². The minimum atomic E-state index is -0.325. The standard InChI is InChI=1S/C23H29ClN6O2S/c1-4-16(17-7-5-6-8-17)14-32-21-11-12-30(27-21)20-10-9-18(22(24)25-20)23(31)28-33-19-13-29(3)26-15(19)2/h9-13,16-17H,4-8,14H2,1-3H3,(H,28,31). The van der Waals surface area contributed by atoms with Crippen molar-refractivity contribution in [2.45, 2.75) is 50.8 Å². The molecular formula is C23H29ClN6O2S. The molecule has 1 aliphatic carbocycles. The minimum Gasteiger partial charge on any atom is -0.476 e. The number of amides is 1. The number of aryl methyl sites for hydroxylation is 2. The van der Waals surface area contributed by atoms with Crippen LogP contribution in [0, 0.1) is 18.8 Å². The molecule has 1 aliphatic rings. The Hall–Kier alpha value is -2.52. The highest BCUT2D eigenvalue weighted by atomic mass is 35.5. The van der Waals surface area contributed by atoms with Gasteiger partial charge in [0.2, 0.25) is 5.88 Å². The summed E-state index contributed by atoms with van der Waals surface area (Å²) in [6.45, 7) is 4.79. The maximum atomic E-state index is 12.6. The van der Waals surface area contributed by atoms with E-state index < -0.39 is 0 Å². The van der Waals surface area contributed by atoms with Crippen LogP contribution < -0.4 is 9.46 Å². The lowest BCUT2D eigenvalue weighted by Gasteiger charge is -2.21. The third kappa shape index (κ3) is 5.70. The summed E-state index contributed by atoms with van der Waals surface area (Å²) in [5.41, 5.74) is 1.13. The molecule has 1 amide bonds. The molecule has 3 heterocycles. The predicted octanol–water partition coefficient (Wildman–Crippen LogP) is 4.99. The van der Waals surface area contributed by atoms with Crippen LogP contribution >= 0.6 is 23.5 Å². The van der Waals surface area contributed by atoms with Crippen molar-refractivity contribution in [3.63, 3.8) is 0 Å². The fourth-order valence-electron chi connectivity index (χ4n) is 4.28. The Morgan fingerprint density at radius 1 is 1.30 bits per heavy atom. The molecule has 1 fully saturated rings. The number of halogens is 1.